The number of rotatable bonds is 8. The molecule has 17 heavy (non-hydrogen) atoms. The zero-order chi connectivity index (χ0) is 12.3. The predicted octanol–water partition coefficient (Wildman–Crippen LogP) is 4.23. The van der Waals surface area contributed by atoms with Gasteiger partial charge in [-0.05, 0) is 62.3 Å². The van der Waals surface area contributed by atoms with Crippen LogP contribution in [-0.2, 0) is 0 Å². The highest BCUT2D eigenvalue weighted by molar-refractivity contribution is 4.99. The van der Waals surface area contributed by atoms with E-state index < -0.39 is 0 Å². The van der Waals surface area contributed by atoms with Crippen LogP contribution in [0.2, 0.25) is 0 Å². The lowest BCUT2D eigenvalue weighted by Gasteiger charge is -2.26. The van der Waals surface area contributed by atoms with Crippen molar-refractivity contribution < 1.29 is 0 Å². The van der Waals surface area contributed by atoms with Gasteiger partial charge in [0.25, 0.3) is 0 Å². The molecule has 2 fully saturated rings. The maximum Gasteiger partial charge on any atom is 0.00955 e. The summed E-state index contributed by atoms with van der Waals surface area (Å²) in [5.41, 5.74) is 0. The summed E-state index contributed by atoms with van der Waals surface area (Å²) in [6.45, 7) is 8.20. The zero-order valence-corrected chi connectivity index (χ0v) is 12.0. The summed E-state index contributed by atoms with van der Waals surface area (Å²) in [5, 5.41) is 3.83. The van der Waals surface area contributed by atoms with Gasteiger partial charge in [-0.3, -0.25) is 0 Å². The molecule has 2 saturated carbocycles. The number of hydrogen-bond acceptors (Lipinski definition) is 1. The first-order valence-corrected chi connectivity index (χ1v) is 7.94. The lowest BCUT2D eigenvalue weighted by atomic mass is 9.89. The molecule has 0 heterocycles. The predicted molar refractivity (Wildman–Crippen MR) is 75.1 cm³/mol. The average molecular weight is 237 g/mol. The van der Waals surface area contributed by atoms with Crippen LogP contribution in [0.25, 0.3) is 0 Å². The van der Waals surface area contributed by atoms with Gasteiger partial charge in [0.15, 0.2) is 0 Å². The van der Waals surface area contributed by atoms with E-state index in [1.807, 2.05) is 0 Å². The molecule has 2 aliphatic carbocycles. The quantitative estimate of drug-likeness (QED) is 0.666. The molecular weight excluding hydrogens is 206 g/mol. The third-order valence-corrected chi connectivity index (χ3v) is 4.80. The minimum atomic E-state index is 0.835. The minimum absolute atomic E-state index is 0.835. The minimum Gasteiger partial charge on any atom is -0.314 e. The highest BCUT2D eigenvalue weighted by atomic mass is 14.9. The largest absolute Gasteiger partial charge is 0.314 e. The normalized spacial score (nSPS) is 32.8. The van der Waals surface area contributed by atoms with Gasteiger partial charge in [-0.15, -0.1) is 0 Å². The summed E-state index contributed by atoms with van der Waals surface area (Å²) in [4.78, 5) is 0. The fourth-order valence-electron chi connectivity index (χ4n) is 3.67. The average Bonchev–Trinajstić information content (AvgIpc) is 2.90. The van der Waals surface area contributed by atoms with Crippen molar-refractivity contribution in [2.75, 3.05) is 6.54 Å². The molecule has 0 radical (unpaired) electrons. The van der Waals surface area contributed by atoms with Crippen LogP contribution in [0.1, 0.15) is 65.7 Å². The van der Waals surface area contributed by atoms with Crippen molar-refractivity contribution in [3.8, 4) is 0 Å². The van der Waals surface area contributed by atoms with Crippen LogP contribution in [0.3, 0.4) is 0 Å². The van der Waals surface area contributed by atoms with Crippen LogP contribution in [-0.4, -0.2) is 12.6 Å². The van der Waals surface area contributed by atoms with Gasteiger partial charge in [-0.1, -0.05) is 33.6 Å². The highest BCUT2D eigenvalue weighted by Crippen LogP contribution is 2.55. The van der Waals surface area contributed by atoms with Crippen LogP contribution in [0.5, 0.6) is 0 Å². The Labute approximate surface area is 108 Å². The number of fused-ring (bicyclic) bond motifs is 1. The van der Waals surface area contributed by atoms with Crippen LogP contribution in [0.4, 0.5) is 0 Å². The van der Waals surface area contributed by atoms with E-state index in [9.17, 15) is 0 Å². The van der Waals surface area contributed by atoms with Crippen LogP contribution >= 0.6 is 0 Å². The maximum atomic E-state index is 3.83. The lowest BCUT2D eigenvalue weighted by molar-refractivity contribution is 0.306. The van der Waals surface area contributed by atoms with Crippen molar-refractivity contribution >= 4 is 0 Å². The van der Waals surface area contributed by atoms with E-state index in [0.29, 0.717) is 0 Å². The third kappa shape index (κ3) is 3.98. The second-order valence-electron chi connectivity index (χ2n) is 6.87. The first-order valence-electron chi connectivity index (χ1n) is 7.94. The summed E-state index contributed by atoms with van der Waals surface area (Å²) in [5.74, 6) is 4.16. The fraction of sp³-hybridized carbons (Fsp3) is 1.00. The second-order valence-corrected chi connectivity index (χ2v) is 6.87. The Bertz CT molecular complexity index is 214. The monoisotopic (exact) mass is 237 g/mol. The molecule has 0 aromatic carbocycles. The molecule has 0 saturated heterocycles. The van der Waals surface area contributed by atoms with Crippen molar-refractivity contribution in [3.05, 3.63) is 0 Å². The molecule has 2 aliphatic rings. The van der Waals surface area contributed by atoms with E-state index >= 15 is 0 Å². The van der Waals surface area contributed by atoms with Crippen molar-refractivity contribution in [2.45, 2.75) is 71.8 Å². The zero-order valence-electron chi connectivity index (χ0n) is 12.0. The Morgan fingerprint density at radius 3 is 2.35 bits per heavy atom. The Morgan fingerprint density at radius 2 is 1.76 bits per heavy atom. The number of hydrogen-bond donors (Lipinski definition) is 1. The van der Waals surface area contributed by atoms with Gasteiger partial charge < -0.3 is 5.32 Å². The van der Waals surface area contributed by atoms with Gasteiger partial charge in [0.05, 0.1) is 0 Å². The van der Waals surface area contributed by atoms with E-state index in [-0.39, 0.29) is 0 Å². The first kappa shape index (κ1) is 13.4. The SMILES string of the molecule is CCCNC(CCCC(C)C)C1CC2CC2C1. The van der Waals surface area contributed by atoms with Crippen molar-refractivity contribution in [1.29, 1.82) is 0 Å². The fourth-order valence-corrected chi connectivity index (χ4v) is 3.67. The molecule has 0 bridgehead atoms. The first-order chi connectivity index (χ1) is 8.20. The Hall–Kier alpha value is -0.0400. The smallest absolute Gasteiger partial charge is 0.00955 e. The van der Waals surface area contributed by atoms with Crippen molar-refractivity contribution in [3.63, 3.8) is 0 Å². The van der Waals surface area contributed by atoms with Crippen molar-refractivity contribution in [1.82, 2.24) is 5.32 Å². The molecule has 3 atom stereocenters. The summed E-state index contributed by atoms with van der Waals surface area (Å²) in [6.07, 6.45) is 10.2. The van der Waals surface area contributed by atoms with Gasteiger partial charge >= 0.3 is 0 Å². The molecule has 0 aliphatic heterocycles. The Morgan fingerprint density at radius 1 is 1.06 bits per heavy atom. The van der Waals surface area contributed by atoms with Crippen molar-refractivity contribution in [2.24, 2.45) is 23.7 Å². The van der Waals surface area contributed by atoms with Gasteiger partial charge in [0.2, 0.25) is 0 Å². The van der Waals surface area contributed by atoms with E-state index in [1.165, 1.54) is 45.1 Å². The molecular formula is C16H31N. The van der Waals surface area contributed by atoms with Gasteiger partial charge in [0, 0.05) is 6.04 Å². The lowest BCUT2D eigenvalue weighted by Crippen LogP contribution is -2.36. The van der Waals surface area contributed by atoms with Crippen LogP contribution in [0.15, 0.2) is 0 Å². The van der Waals surface area contributed by atoms with Gasteiger partial charge in [-0.2, -0.15) is 0 Å². The highest BCUT2D eigenvalue weighted by Gasteiger charge is 2.47. The molecule has 0 spiro atoms. The molecule has 2 rings (SSSR count). The molecule has 1 nitrogen and oxygen atoms in total. The second kappa shape index (κ2) is 6.22. The molecule has 0 aromatic heterocycles. The summed E-state index contributed by atoms with van der Waals surface area (Å²) >= 11 is 0. The molecule has 100 valence electrons. The summed E-state index contributed by atoms with van der Waals surface area (Å²) in [6, 6.07) is 0.835. The molecule has 0 amide bonds. The maximum absolute atomic E-state index is 3.83. The molecule has 3 unspecified atom stereocenters. The molecule has 0 aromatic rings. The Kier molecular flexibility index (Phi) is 4.90. The van der Waals surface area contributed by atoms with E-state index in [2.05, 4.69) is 26.1 Å². The topological polar surface area (TPSA) is 12.0 Å². The molecule has 1 heteroatoms. The van der Waals surface area contributed by atoms with E-state index in [1.54, 1.807) is 6.42 Å². The summed E-state index contributed by atoms with van der Waals surface area (Å²) in [7, 11) is 0. The Balaban J connectivity index is 1.72. The van der Waals surface area contributed by atoms with E-state index in [4.69, 9.17) is 0 Å². The standard InChI is InChI=1S/C16H31N/c1-4-8-17-16(7-5-6-12(2)3)15-10-13-9-14(13)11-15/h12-17H,4-11H2,1-3H3. The molecule has 1 N–H and O–H groups in total. The van der Waals surface area contributed by atoms with Crippen LogP contribution < -0.4 is 5.32 Å². The van der Waals surface area contributed by atoms with Gasteiger partial charge in [-0.25, -0.2) is 0 Å². The van der Waals surface area contributed by atoms with Crippen LogP contribution in [0, 0.1) is 23.7 Å². The number of nitrogens with one attached hydrogen (secondary N) is 1. The van der Waals surface area contributed by atoms with E-state index in [0.717, 1.165) is 29.7 Å². The third-order valence-electron chi connectivity index (χ3n) is 4.80. The van der Waals surface area contributed by atoms with Gasteiger partial charge in [0.1, 0.15) is 0 Å². The summed E-state index contributed by atoms with van der Waals surface area (Å²) < 4.78 is 0.